The highest BCUT2D eigenvalue weighted by molar-refractivity contribution is 5.77. The van der Waals surface area contributed by atoms with E-state index < -0.39 is 24.0 Å². The van der Waals surface area contributed by atoms with E-state index in [0.29, 0.717) is 0 Å². The molecule has 0 fully saturated rings. The van der Waals surface area contributed by atoms with E-state index >= 15 is 0 Å². The van der Waals surface area contributed by atoms with Gasteiger partial charge in [-0.2, -0.15) is 9.98 Å². The Balaban J connectivity index is 4.18. The lowest BCUT2D eigenvalue weighted by Crippen LogP contribution is -2.28. The maximum absolute atomic E-state index is 11.7. The zero-order valence-corrected chi connectivity index (χ0v) is 13.8. The van der Waals surface area contributed by atoms with Gasteiger partial charge in [0.25, 0.3) is 0 Å². The summed E-state index contributed by atoms with van der Waals surface area (Å²) in [5, 5.41) is 0. The first-order valence-corrected chi connectivity index (χ1v) is 7.32. The first kappa shape index (κ1) is 20.7. The van der Waals surface area contributed by atoms with Crippen molar-refractivity contribution in [2.75, 3.05) is 13.2 Å². The van der Waals surface area contributed by atoms with Crippen LogP contribution in [0.4, 0.5) is 0 Å². The number of esters is 2. The van der Waals surface area contributed by atoms with E-state index in [1.54, 1.807) is 27.7 Å². The summed E-state index contributed by atoms with van der Waals surface area (Å²) >= 11 is 0. The van der Waals surface area contributed by atoms with Gasteiger partial charge in [-0.1, -0.05) is 27.7 Å². The van der Waals surface area contributed by atoms with Crippen molar-refractivity contribution in [3.05, 3.63) is 0 Å². The van der Waals surface area contributed by atoms with E-state index in [0.717, 1.165) is 0 Å². The molecule has 0 aliphatic carbocycles. The summed E-state index contributed by atoms with van der Waals surface area (Å²) in [5.41, 5.74) is 0. The highest BCUT2D eigenvalue weighted by Crippen LogP contribution is 2.09. The summed E-state index contributed by atoms with van der Waals surface area (Å²) in [6.45, 7) is 6.96. The Morgan fingerprint density at radius 1 is 0.826 bits per heavy atom. The maximum atomic E-state index is 11.7. The SMILES string of the molecule is CC(C)C(N=C=O)C(=O)OCCCOC(=O)C(N=C=O)C(C)C. The van der Waals surface area contributed by atoms with E-state index in [1.807, 2.05) is 0 Å². The quantitative estimate of drug-likeness (QED) is 0.258. The second-order valence-corrected chi connectivity index (χ2v) is 5.51. The Bertz CT molecular complexity index is 446. The molecule has 0 radical (unpaired) electrons. The van der Waals surface area contributed by atoms with E-state index in [1.165, 1.54) is 12.2 Å². The average Bonchev–Trinajstić information content (AvgIpc) is 2.48. The Labute approximate surface area is 135 Å². The van der Waals surface area contributed by atoms with Crippen molar-refractivity contribution in [2.24, 2.45) is 21.8 Å². The van der Waals surface area contributed by atoms with Gasteiger partial charge in [-0.05, 0) is 11.8 Å². The molecule has 0 aliphatic heterocycles. The number of hydrogen-bond acceptors (Lipinski definition) is 8. The standard InChI is InChI=1S/C15H22N2O6/c1-10(2)12(16-8-18)14(20)22-6-5-7-23-15(21)13(11(3)4)17-9-19/h10-13H,5-7H2,1-4H3. The van der Waals surface area contributed by atoms with Crippen molar-refractivity contribution >= 4 is 24.1 Å². The number of carbonyl (C=O) groups is 2. The van der Waals surface area contributed by atoms with Crippen LogP contribution in [-0.4, -0.2) is 49.4 Å². The van der Waals surface area contributed by atoms with Crippen LogP contribution in [0.3, 0.4) is 0 Å². The molecule has 0 aliphatic rings. The van der Waals surface area contributed by atoms with Crippen LogP contribution >= 0.6 is 0 Å². The topological polar surface area (TPSA) is 111 Å². The molecular formula is C15H22N2O6. The van der Waals surface area contributed by atoms with Crippen LogP contribution in [0.2, 0.25) is 0 Å². The fourth-order valence-corrected chi connectivity index (χ4v) is 1.64. The molecule has 0 N–H and O–H groups in total. The van der Waals surface area contributed by atoms with Gasteiger partial charge in [-0.3, -0.25) is 0 Å². The summed E-state index contributed by atoms with van der Waals surface area (Å²) in [7, 11) is 0. The highest BCUT2D eigenvalue weighted by Gasteiger charge is 2.24. The molecular weight excluding hydrogens is 304 g/mol. The third-order valence-corrected chi connectivity index (χ3v) is 2.91. The molecule has 0 saturated carbocycles. The third-order valence-electron chi connectivity index (χ3n) is 2.91. The van der Waals surface area contributed by atoms with Gasteiger partial charge in [-0.25, -0.2) is 19.2 Å². The molecule has 8 heteroatoms. The maximum Gasteiger partial charge on any atom is 0.332 e. The predicted octanol–water partition coefficient (Wildman–Crippen LogP) is 1.18. The minimum absolute atomic E-state index is 0.0208. The van der Waals surface area contributed by atoms with Gasteiger partial charge in [0.2, 0.25) is 12.2 Å². The van der Waals surface area contributed by atoms with Crippen LogP contribution in [0.15, 0.2) is 9.98 Å². The fraction of sp³-hybridized carbons (Fsp3) is 0.733. The molecule has 0 amide bonds. The molecule has 8 nitrogen and oxygen atoms in total. The lowest BCUT2D eigenvalue weighted by Gasteiger charge is -2.15. The van der Waals surface area contributed by atoms with Crippen LogP contribution in [0.1, 0.15) is 34.1 Å². The van der Waals surface area contributed by atoms with Crippen molar-refractivity contribution in [1.29, 1.82) is 0 Å². The minimum Gasteiger partial charge on any atom is -0.464 e. The molecule has 2 unspecified atom stereocenters. The van der Waals surface area contributed by atoms with Crippen molar-refractivity contribution < 1.29 is 28.7 Å². The number of isocyanates is 2. The molecule has 0 bridgehead atoms. The third kappa shape index (κ3) is 8.04. The van der Waals surface area contributed by atoms with Gasteiger partial charge in [0.05, 0.1) is 13.2 Å². The lowest BCUT2D eigenvalue weighted by molar-refractivity contribution is -0.148. The van der Waals surface area contributed by atoms with E-state index in [9.17, 15) is 19.2 Å². The molecule has 0 aromatic rings. The van der Waals surface area contributed by atoms with E-state index in [-0.39, 0.29) is 31.5 Å². The van der Waals surface area contributed by atoms with Gasteiger partial charge in [0.15, 0.2) is 12.1 Å². The molecule has 128 valence electrons. The molecule has 2 atom stereocenters. The summed E-state index contributed by atoms with van der Waals surface area (Å²) in [6, 6.07) is -1.77. The molecule has 0 spiro atoms. The number of hydrogen-bond donors (Lipinski definition) is 0. The van der Waals surface area contributed by atoms with Gasteiger partial charge in [0, 0.05) is 6.42 Å². The second-order valence-electron chi connectivity index (χ2n) is 5.51. The number of aliphatic imine (C=N–C) groups is 2. The van der Waals surface area contributed by atoms with Crippen molar-refractivity contribution in [3.63, 3.8) is 0 Å². The lowest BCUT2D eigenvalue weighted by atomic mass is 10.1. The van der Waals surface area contributed by atoms with Crippen molar-refractivity contribution in [1.82, 2.24) is 0 Å². The van der Waals surface area contributed by atoms with Crippen LogP contribution in [0.5, 0.6) is 0 Å². The minimum atomic E-state index is -0.887. The van der Waals surface area contributed by atoms with Crippen LogP contribution in [-0.2, 0) is 28.7 Å². The van der Waals surface area contributed by atoms with Crippen molar-refractivity contribution in [2.45, 2.75) is 46.2 Å². The first-order chi connectivity index (χ1) is 10.8. The average molecular weight is 326 g/mol. The Morgan fingerprint density at radius 3 is 1.43 bits per heavy atom. The van der Waals surface area contributed by atoms with Crippen molar-refractivity contribution in [3.8, 4) is 0 Å². The normalized spacial score (nSPS) is 12.8. The predicted molar refractivity (Wildman–Crippen MR) is 80.0 cm³/mol. The van der Waals surface area contributed by atoms with Gasteiger partial charge >= 0.3 is 11.9 Å². The van der Waals surface area contributed by atoms with Crippen LogP contribution in [0.25, 0.3) is 0 Å². The number of ether oxygens (including phenoxy) is 2. The zero-order valence-electron chi connectivity index (χ0n) is 13.8. The molecule has 23 heavy (non-hydrogen) atoms. The smallest absolute Gasteiger partial charge is 0.332 e. The second kappa shape index (κ2) is 11.3. The molecule has 0 saturated heterocycles. The largest absolute Gasteiger partial charge is 0.464 e. The summed E-state index contributed by atoms with van der Waals surface area (Å²) < 4.78 is 9.93. The Hall–Kier alpha value is -2.30. The van der Waals surface area contributed by atoms with Crippen LogP contribution < -0.4 is 0 Å². The van der Waals surface area contributed by atoms with Gasteiger partial charge in [-0.15, -0.1) is 0 Å². The first-order valence-electron chi connectivity index (χ1n) is 7.32. The molecule has 0 aromatic carbocycles. The molecule has 0 aromatic heterocycles. The molecule has 0 rings (SSSR count). The molecule has 0 heterocycles. The summed E-state index contributed by atoms with van der Waals surface area (Å²) in [5.74, 6) is -1.62. The zero-order chi connectivity index (χ0) is 17.8. The highest BCUT2D eigenvalue weighted by atomic mass is 16.5. The number of rotatable bonds is 10. The number of nitrogens with zero attached hydrogens (tertiary/aromatic N) is 2. The number of carbonyl (C=O) groups excluding carboxylic acids is 4. The Kier molecular flexibility index (Phi) is 10.2. The Morgan fingerprint density at radius 2 is 1.17 bits per heavy atom. The van der Waals surface area contributed by atoms with E-state index in [2.05, 4.69) is 9.98 Å². The summed E-state index contributed by atoms with van der Waals surface area (Å²) in [6.07, 6.45) is 2.97. The van der Waals surface area contributed by atoms with Gasteiger partial charge < -0.3 is 9.47 Å². The van der Waals surface area contributed by atoms with Crippen LogP contribution in [0, 0.1) is 11.8 Å². The summed E-state index contributed by atoms with van der Waals surface area (Å²) in [4.78, 5) is 50.7. The monoisotopic (exact) mass is 326 g/mol. The fourth-order valence-electron chi connectivity index (χ4n) is 1.64. The van der Waals surface area contributed by atoms with Gasteiger partial charge in [0.1, 0.15) is 0 Å². The van der Waals surface area contributed by atoms with E-state index in [4.69, 9.17) is 9.47 Å².